The summed E-state index contributed by atoms with van der Waals surface area (Å²) in [6.07, 6.45) is 0. The summed E-state index contributed by atoms with van der Waals surface area (Å²) in [6, 6.07) is 0. The minimum absolute atomic E-state index is 0. The third kappa shape index (κ3) is 36.4. The summed E-state index contributed by atoms with van der Waals surface area (Å²) in [5.74, 6) is 0. The molecule has 25 valence electrons. The van der Waals surface area contributed by atoms with E-state index in [2.05, 4.69) is 0 Å². The summed E-state index contributed by atoms with van der Waals surface area (Å²) >= 11 is 0. The summed E-state index contributed by atoms with van der Waals surface area (Å²) < 4.78 is 0. The fraction of sp³-hybridized carbons (Fsp3) is 0. The average Bonchev–Trinajstić information content (AvgIpc) is 0. The van der Waals surface area contributed by atoms with Crippen LogP contribution >= 0.6 is 0 Å². The van der Waals surface area contributed by atoms with E-state index in [9.17, 15) is 0 Å². The van der Waals surface area contributed by atoms with Crippen LogP contribution in [0.3, 0.4) is 0 Å². The molecule has 0 aromatic heterocycles. The van der Waals surface area contributed by atoms with Gasteiger partial charge in [-0.2, -0.15) is 0 Å². The quantitative estimate of drug-likeness (QED) is 0.274. The van der Waals surface area contributed by atoms with Gasteiger partial charge in [0.2, 0.25) is 0 Å². The van der Waals surface area contributed by atoms with E-state index < -0.39 is 0 Å². The summed E-state index contributed by atoms with van der Waals surface area (Å²) in [5, 5.41) is 0. The van der Waals surface area contributed by atoms with E-state index >= 15 is 0 Å². The Morgan fingerprint density at radius 1 is 0.250 bits per heavy atom. The molecule has 0 atom stereocenters. The van der Waals surface area contributed by atoms with Crippen molar-refractivity contribution in [3.63, 3.8) is 0 Å². The molecule has 0 N–H and O–H groups in total. The van der Waals surface area contributed by atoms with Crippen molar-refractivity contribution in [2.45, 2.75) is 0 Å². The Bertz CT molecular complexity index is 7.64. The van der Waals surface area contributed by atoms with Crippen LogP contribution in [0.1, 0.15) is 0 Å². The van der Waals surface area contributed by atoms with Crippen molar-refractivity contribution in [3.8, 4) is 0 Å². The van der Waals surface area contributed by atoms with Gasteiger partial charge in [0, 0.05) is 262 Å². The van der Waals surface area contributed by atoms with Crippen molar-refractivity contribution < 1.29 is 0 Å². The van der Waals surface area contributed by atoms with Crippen LogP contribution in [0, 0.1) is 0 Å². The van der Waals surface area contributed by atoms with E-state index in [1.54, 1.807) is 0 Å². The predicted octanol–water partition coefficient (Wildman–Crippen LogP) is -3.05. The molecular formula is Ca5Sb3. The molecule has 19 radical (unpaired) electrons. The van der Waals surface area contributed by atoms with Gasteiger partial charge in [0.15, 0.2) is 0 Å². The second kappa shape index (κ2) is 44.8. The molecule has 0 spiro atoms. The van der Waals surface area contributed by atoms with Crippen LogP contribution in [0.25, 0.3) is 0 Å². The number of rotatable bonds is 0. The number of hydrogen-bond acceptors (Lipinski definition) is 0. The molecule has 0 aliphatic heterocycles. The first-order valence-electron chi connectivity index (χ1n) is 0. The zero-order valence-corrected chi connectivity index (χ0v) is 23.6. The monoisotopic (exact) mass is 563 g/mol. The van der Waals surface area contributed by atoms with E-state index in [0.29, 0.717) is 0 Å². The summed E-state index contributed by atoms with van der Waals surface area (Å²) in [5.41, 5.74) is 0. The molecule has 8 heteroatoms. The Balaban J connectivity index is 0. The molecule has 0 rings (SSSR count). The van der Waals surface area contributed by atoms with Crippen molar-refractivity contribution in [1.29, 1.82) is 0 Å². The van der Waals surface area contributed by atoms with Gasteiger partial charge in [-0.1, -0.05) is 0 Å². The van der Waals surface area contributed by atoms with Gasteiger partial charge < -0.3 is 0 Å². The molecule has 8 heavy (non-hydrogen) atoms. The zero-order valence-electron chi connectivity index (χ0n) is 4.88. The zero-order chi connectivity index (χ0) is 0. The van der Waals surface area contributed by atoms with Crippen LogP contribution in [0.4, 0.5) is 0 Å². The van der Waals surface area contributed by atoms with E-state index in [-0.39, 0.29) is 262 Å². The van der Waals surface area contributed by atoms with Crippen molar-refractivity contribution in [3.05, 3.63) is 0 Å². The van der Waals surface area contributed by atoms with Gasteiger partial charge in [-0.25, -0.2) is 0 Å². The predicted molar refractivity (Wildman–Crippen MR) is 46.0 cm³/mol. The molecule has 0 unspecified atom stereocenters. The third-order valence-electron chi connectivity index (χ3n) is 0. The third-order valence-corrected chi connectivity index (χ3v) is 0. The Hall–Kier alpha value is 8.75. The normalized spacial score (nSPS) is 0. The molecule has 0 saturated carbocycles. The first-order chi connectivity index (χ1) is 0. The van der Waals surface area contributed by atoms with E-state index in [4.69, 9.17) is 0 Å². The van der Waals surface area contributed by atoms with Gasteiger partial charge in [-0.05, 0) is 0 Å². The molecule has 0 bridgehead atoms. The molecule has 0 aliphatic rings. The van der Waals surface area contributed by atoms with Crippen LogP contribution in [0.5, 0.6) is 0 Å². The number of hydrogen-bond donors (Lipinski definition) is 0. The Kier molecular flexibility index (Phi) is 304. The largest absolute Gasteiger partial charge is 0 e. The first-order valence-corrected chi connectivity index (χ1v) is 0. The first kappa shape index (κ1) is 54.3. The molecule has 0 nitrogen and oxygen atoms in total. The Morgan fingerprint density at radius 3 is 0.250 bits per heavy atom. The Morgan fingerprint density at radius 2 is 0.250 bits per heavy atom. The van der Waals surface area contributed by atoms with Crippen LogP contribution < -0.4 is 0 Å². The SMILES string of the molecule is [Ca].[Ca].[Ca].[Ca].[Ca].[Sb].[Sb].[Sb]. The minimum atomic E-state index is 0. The Labute approximate surface area is 253 Å². The van der Waals surface area contributed by atoms with Gasteiger partial charge in [-0.15, -0.1) is 0 Å². The van der Waals surface area contributed by atoms with E-state index in [1.165, 1.54) is 0 Å². The molecule has 0 amide bonds. The second-order valence-corrected chi connectivity index (χ2v) is 0. The molecule has 0 aliphatic carbocycles. The van der Waals surface area contributed by atoms with E-state index in [0.717, 1.165) is 0 Å². The molecule has 0 fully saturated rings. The standard InChI is InChI=1S/5Ca.3Sb. The maximum absolute atomic E-state index is 0. The van der Waals surface area contributed by atoms with Gasteiger partial charge in [0.05, 0.1) is 0 Å². The van der Waals surface area contributed by atoms with Crippen molar-refractivity contribution in [2.75, 3.05) is 0 Å². The van der Waals surface area contributed by atoms with Crippen LogP contribution in [-0.4, -0.2) is 262 Å². The molecule has 0 heterocycles. The topological polar surface area (TPSA) is 0 Å². The fourth-order valence-electron chi connectivity index (χ4n) is 0. The van der Waals surface area contributed by atoms with Gasteiger partial charge in [0.1, 0.15) is 0 Å². The molecule has 0 aromatic carbocycles. The second-order valence-electron chi connectivity index (χ2n) is 0. The summed E-state index contributed by atoms with van der Waals surface area (Å²) in [6.45, 7) is 0. The summed E-state index contributed by atoms with van der Waals surface area (Å²) in [4.78, 5) is 0. The van der Waals surface area contributed by atoms with E-state index in [1.807, 2.05) is 0 Å². The maximum atomic E-state index is 0. The van der Waals surface area contributed by atoms with Crippen LogP contribution in [0.15, 0.2) is 0 Å². The smallest absolute Gasteiger partial charge is 0 e. The fourth-order valence-corrected chi connectivity index (χ4v) is 0. The average molecular weight is 566 g/mol. The molecular weight excluding hydrogens is 566 g/mol. The maximum Gasteiger partial charge on any atom is 0 e. The van der Waals surface area contributed by atoms with Crippen molar-refractivity contribution in [1.82, 2.24) is 0 Å². The van der Waals surface area contributed by atoms with Gasteiger partial charge in [0.25, 0.3) is 0 Å². The minimum Gasteiger partial charge on any atom is 0 e. The summed E-state index contributed by atoms with van der Waals surface area (Å²) in [7, 11) is 0. The molecule has 0 saturated heterocycles. The van der Waals surface area contributed by atoms with Crippen LogP contribution in [0.2, 0.25) is 0 Å². The van der Waals surface area contributed by atoms with Crippen LogP contribution in [-0.2, 0) is 0 Å². The van der Waals surface area contributed by atoms with Gasteiger partial charge >= 0.3 is 0 Å². The van der Waals surface area contributed by atoms with Crippen molar-refractivity contribution in [2.24, 2.45) is 0 Å². The molecule has 0 aromatic rings. The van der Waals surface area contributed by atoms with Crippen molar-refractivity contribution >= 4 is 262 Å². The van der Waals surface area contributed by atoms with Gasteiger partial charge in [-0.3, -0.25) is 0 Å².